The van der Waals surface area contributed by atoms with Crippen molar-refractivity contribution >= 4 is 33.4 Å². The summed E-state index contributed by atoms with van der Waals surface area (Å²) in [6, 6.07) is 4.05. The van der Waals surface area contributed by atoms with Crippen molar-refractivity contribution < 1.29 is 23.1 Å². The lowest BCUT2D eigenvalue weighted by atomic mass is 10.2. The van der Waals surface area contributed by atoms with E-state index in [0.717, 1.165) is 0 Å². The number of alkyl halides is 2. The molecule has 0 saturated carbocycles. The number of amides is 2. The highest BCUT2D eigenvalue weighted by molar-refractivity contribution is 9.10. The van der Waals surface area contributed by atoms with Gasteiger partial charge in [0.05, 0.1) is 11.3 Å². The van der Waals surface area contributed by atoms with Gasteiger partial charge in [0.25, 0.3) is 11.8 Å². The molecular weight excluding hydrogens is 390 g/mol. The van der Waals surface area contributed by atoms with Crippen LogP contribution in [0, 0.1) is 0 Å². The van der Waals surface area contributed by atoms with Crippen LogP contribution in [0.4, 0.5) is 14.5 Å². The first kappa shape index (κ1) is 17.9. The van der Waals surface area contributed by atoms with Crippen molar-refractivity contribution in [3.63, 3.8) is 0 Å². The number of carbonyl (C=O) groups excluding carboxylic acids is 2. The van der Waals surface area contributed by atoms with Gasteiger partial charge in [-0.05, 0) is 18.2 Å². The standard InChI is InChI=1S/C14H13BrF2N4O3/c1-18-13(23)11-9(6-21(2)20-11)19-12(22)8-5-7(15)3-4-10(8)24-14(16)17/h3-6,14H,1-2H3,(H,18,23)(H,19,22). The molecule has 0 fully saturated rings. The van der Waals surface area contributed by atoms with Gasteiger partial charge in [0.15, 0.2) is 5.69 Å². The van der Waals surface area contributed by atoms with Gasteiger partial charge in [-0.2, -0.15) is 13.9 Å². The number of nitrogens with one attached hydrogen (secondary N) is 2. The number of aryl methyl sites for hydroxylation is 1. The Kier molecular flexibility index (Phi) is 5.50. The van der Waals surface area contributed by atoms with Crippen LogP contribution in [0.25, 0.3) is 0 Å². The zero-order valence-electron chi connectivity index (χ0n) is 12.6. The van der Waals surface area contributed by atoms with E-state index in [9.17, 15) is 18.4 Å². The second kappa shape index (κ2) is 7.39. The normalized spacial score (nSPS) is 10.6. The molecule has 1 aromatic carbocycles. The van der Waals surface area contributed by atoms with E-state index < -0.39 is 18.4 Å². The first-order valence-electron chi connectivity index (χ1n) is 6.63. The molecule has 7 nitrogen and oxygen atoms in total. The molecule has 24 heavy (non-hydrogen) atoms. The monoisotopic (exact) mass is 402 g/mol. The molecule has 2 aromatic rings. The highest BCUT2D eigenvalue weighted by atomic mass is 79.9. The third-order valence-corrected chi connectivity index (χ3v) is 3.41. The third-order valence-electron chi connectivity index (χ3n) is 2.92. The minimum Gasteiger partial charge on any atom is -0.434 e. The Bertz CT molecular complexity index is 779. The largest absolute Gasteiger partial charge is 0.434 e. The van der Waals surface area contributed by atoms with E-state index in [4.69, 9.17) is 0 Å². The smallest absolute Gasteiger partial charge is 0.387 e. The van der Waals surface area contributed by atoms with E-state index in [1.54, 1.807) is 7.05 Å². The van der Waals surface area contributed by atoms with Crippen LogP contribution in [0.1, 0.15) is 20.8 Å². The zero-order chi connectivity index (χ0) is 17.9. The SMILES string of the molecule is CNC(=O)c1nn(C)cc1NC(=O)c1cc(Br)ccc1OC(F)F. The Morgan fingerprint density at radius 3 is 2.67 bits per heavy atom. The molecule has 0 unspecified atom stereocenters. The lowest BCUT2D eigenvalue weighted by molar-refractivity contribution is -0.0501. The number of benzene rings is 1. The molecule has 0 bridgehead atoms. The number of carbonyl (C=O) groups is 2. The van der Waals surface area contributed by atoms with E-state index in [1.807, 2.05) is 0 Å². The van der Waals surface area contributed by atoms with E-state index in [1.165, 1.54) is 36.1 Å². The molecule has 2 N–H and O–H groups in total. The molecule has 128 valence electrons. The summed E-state index contributed by atoms with van der Waals surface area (Å²) in [7, 11) is 3.00. The highest BCUT2D eigenvalue weighted by Crippen LogP contribution is 2.26. The summed E-state index contributed by atoms with van der Waals surface area (Å²) >= 11 is 3.17. The average molecular weight is 403 g/mol. The molecule has 1 aromatic heterocycles. The van der Waals surface area contributed by atoms with E-state index in [-0.39, 0.29) is 22.7 Å². The van der Waals surface area contributed by atoms with Gasteiger partial charge < -0.3 is 15.4 Å². The van der Waals surface area contributed by atoms with Gasteiger partial charge >= 0.3 is 6.61 Å². The van der Waals surface area contributed by atoms with Crippen molar-refractivity contribution in [1.29, 1.82) is 0 Å². The van der Waals surface area contributed by atoms with Crippen molar-refractivity contribution in [1.82, 2.24) is 15.1 Å². The second-order valence-corrected chi connectivity index (χ2v) is 5.53. The van der Waals surface area contributed by atoms with Gasteiger partial charge in [-0.15, -0.1) is 0 Å². The fraction of sp³-hybridized carbons (Fsp3) is 0.214. The van der Waals surface area contributed by atoms with E-state index in [2.05, 4.69) is 36.4 Å². The number of hydrogen-bond donors (Lipinski definition) is 2. The third kappa shape index (κ3) is 4.07. The summed E-state index contributed by atoms with van der Waals surface area (Å²) in [5.74, 6) is -1.50. The molecule has 0 aliphatic rings. The Labute approximate surface area is 144 Å². The molecule has 10 heteroatoms. The van der Waals surface area contributed by atoms with Crippen LogP contribution in [0.15, 0.2) is 28.9 Å². The topological polar surface area (TPSA) is 85.3 Å². The van der Waals surface area contributed by atoms with Crippen LogP contribution >= 0.6 is 15.9 Å². The predicted molar refractivity (Wildman–Crippen MR) is 85.3 cm³/mol. The summed E-state index contributed by atoms with van der Waals surface area (Å²) in [6.07, 6.45) is 1.42. The van der Waals surface area contributed by atoms with Crippen LogP contribution in [0.5, 0.6) is 5.75 Å². The Morgan fingerprint density at radius 1 is 1.33 bits per heavy atom. The summed E-state index contributed by atoms with van der Waals surface area (Å²) < 4.78 is 31.2. The molecule has 0 aliphatic heterocycles. The van der Waals surface area contributed by atoms with Crippen molar-refractivity contribution in [2.45, 2.75) is 6.61 Å². The average Bonchev–Trinajstić information content (AvgIpc) is 2.88. The van der Waals surface area contributed by atoms with Gasteiger partial charge in [-0.3, -0.25) is 14.3 Å². The molecule has 2 amide bonds. The van der Waals surface area contributed by atoms with Crippen molar-refractivity contribution in [2.75, 3.05) is 12.4 Å². The Morgan fingerprint density at radius 2 is 2.04 bits per heavy atom. The summed E-state index contributed by atoms with van der Waals surface area (Å²) in [5.41, 5.74) is 0.0286. The van der Waals surface area contributed by atoms with Crippen molar-refractivity contribution in [3.8, 4) is 5.75 Å². The minimum absolute atomic E-state index is 0.000301. The van der Waals surface area contributed by atoms with E-state index in [0.29, 0.717) is 4.47 Å². The van der Waals surface area contributed by atoms with Crippen LogP contribution in [-0.4, -0.2) is 35.3 Å². The van der Waals surface area contributed by atoms with Crippen molar-refractivity contribution in [3.05, 3.63) is 40.1 Å². The molecule has 0 radical (unpaired) electrons. The van der Waals surface area contributed by atoms with Crippen molar-refractivity contribution in [2.24, 2.45) is 7.05 Å². The Hall–Kier alpha value is -2.49. The maximum atomic E-state index is 12.5. The Balaban J connectivity index is 2.34. The molecule has 0 atom stereocenters. The van der Waals surface area contributed by atoms with Gasteiger partial charge in [0, 0.05) is 24.8 Å². The van der Waals surface area contributed by atoms with Crippen LogP contribution in [-0.2, 0) is 7.05 Å². The summed E-state index contributed by atoms with van der Waals surface area (Å²) in [4.78, 5) is 24.2. The number of anilines is 1. The number of rotatable bonds is 5. The van der Waals surface area contributed by atoms with Gasteiger partial charge in [-0.1, -0.05) is 15.9 Å². The quantitative estimate of drug-likeness (QED) is 0.803. The fourth-order valence-corrected chi connectivity index (χ4v) is 2.30. The number of ether oxygens (including phenoxy) is 1. The van der Waals surface area contributed by atoms with Gasteiger partial charge in [0.1, 0.15) is 5.75 Å². The molecule has 0 saturated heterocycles. The second-order valence-electron chi connectivity index (χ2n) is 4.62. The minimum atomic E-state index is -3.07. The zero-order valence-corrected chi connectivity index (χ0v) is 14.2. The first-order chi connectivity index (χ1) is 11.3. The van der Waals surface area contributed by atoms with Crippen LogP contribution in [0.3, 0.4) is 0 Å². The van der Waals surface area contributed by atoms with Gasteiger partial charge in [-0.25, -0.2) is 0 Å². The summed E-state index contributed by atoms with van der Waals surface area (Å²) in [6.45, 7) is -3.07. The molecule has 0 aliphatic carbocycles. The lowest BCUT2D eigenvalue weighted by Gasteiger charge is -2.11. The van der Waals surface area contributed by atoms with Crippen LogP contribution in [0.2, 0.25) is 0 Å². The molecular formula is C14H13BrF2N4O3. The van der Waals surface area contributed by atoms with Gasteiger partial charge in [0.2, 0.25) is 0 Å². The molecule has 1 heterocycles. The van der Waals surface area contributed by atoms with Crippen LogP contribution < -0.4 is 15.4 Å². The first-order valence-corrected chi connectivity index (χ1v) is 7.42. The molecule has 0 spiro atoms. The predicted octanol–water partition coefficient (Wildman–Crippen LogP) is 2.40. The van der Waals surface area contributed by atoms with E-state index >= 15 is 0 Å². The fourth-order valence-electron chi connectivity index (χ4n) is 1.93. The number of aromatic nitrogens is 2. The number of halogens is 3. The number of nitrogens with zero attached hydrogens (tertiary/aromatic N) is 2. The maximum Gasteiger partial charge on any atom is 0.387 e. The molecule has 2 rings (SSSR count). The summed E-state index contributed by atoms with van der Waals surface area (Å²) in [5, 5.41) is 8.82. The number of hydrogen-bond acceptors (Lipinski definition) is 4. The highest BCUT2D eigenvalue weighted by Gasteiger charge is 2.21. The lowest BCUT2D eigenvalue weighted by Crippen LogP contribution is -2.22. The maximum absolute atomic E-state index is 12.5.